The molecule has 1 heterocycles. The minimum atomic E-state index is -0.607. The van der Waals surface area contributed by atoms with Crippen molar-refractivity contribution in [3.8, 4) is 0 Å². The maximum absolute atomic E-state index is 13.0. The standard InChI is InChI=1S/C22H27N3O2.ClH/c1-15(2)21(23)22(27)24-13-20(26)25-14-18-11-7-6-10-17(18)12-19(25)16-8-4-3-5-9-16;/h3-11,15,19,21H,12-14,23H2,1-2H3,(H,24,27);1H/t19?,21-;/m0./s1. The summed E-state index contributed by atoms with van der Waals surface area (Å²) >= 11 is 0. The van der Waals surface area contributed by atoms with E-state index in [0.717, 1.165) is 17.5 Å². The fourth-order valence-electron chi connectivity index (χ4n) is 3.44. The lowest BCUT2D eigenvalue weighted by Crippen LogP contribution is -2.49. The van der Waals surface area contributed by atoms with E-state index in [0.29, 0.717) is 6.54 Å². The predicted octanol–water partition coefficient (Wildman–Crippen LogP) is 2.83. The summed E-state index contributed by atoms with van der Waals surface area (Å²) in [6.45, 7) is 4.28. The van der Waals surface area contributed by atoms with Crippen molar-refractivity contribution >= 4 is 24.2 Å². The first kappa shape index (κ1) is 21.9. The molecule has 0 aromatic heterocycles. The molecule has 3 rings (SSSR count). The van der Waals surface area contributed by atoms with Gasteiger partial charge in [0, 0.05) is 6.54 Å². The molecule has 2 aromatic rings. The number of fused-ring (bicyclic) bond motifs is 1. The maximum Gasteiger partial charge on any atom is 0.242 e. The molecule has 2 amide bonds. The first-order chi connectivity index (χ1) is 13.0. The Hall–Kier alpha value is -2.37. The number of rotatable bonds is 5. The zero-order valence-electron chi connectivity index (χ0n) is 16.3. The Kier molecular flexibility index (Phi) is 7.61. The minimum Gasteiger partial charge on any atom is -0.346 e. The van der Waals surface area contributed by atoms with Gasteiger partial charge < -0.3 is 16.0 Å². The van der Waals surface area contributed by atoms with Crippen molar-refractivity contribution in [3.63, 3.8) is 0 Å². The molecule has 2 atom stereocenters. The number of carbonyl (C=O) groups excluding carboxylic acids is 2. The van der Waals surface area contributed by atoms with Gasteiger partial charge in [0.25, 0.3) is 0 Å². The van der Waals surface area contributed by atoms with Gasteiger partial charge in [-0.25, -0.2) is 0 Å². The molecule has 28 heavy (non-hydrogen) atoms. The van der Waals surface area contributed by atoms with Crippen molar-refractivity contribution in [3.05, 3.63) is 71.3 Å². The molecule has 1 unspecified atom stereocenters. The quantitative estimate of drug-likeness (QED) is 0.808. The lowest BCUT2D eigenvalue weighted by Gasteiger charge is -2.37. The van der Waals surface area contributed by atoms with Crippen molar-refractivity contribution in [2.45, 2.75) is 38.9 Å². The van der Waals surface area contributed by atoms with Crippen LogP contribution in [0.2, 0.25) is 0 Å². The van der Waals surface area contributed by atoms with E-state index in [1.807, 2.05) is 61.2 Å². The third-order valence-electron chi connectivity index (χ3n) is 5.19. The molecular formula is C22H28ClN3O2. The largest absolute Gasteiger partial charge is 0.346 e. The van der Waals surface area contributed by atoms with Crippen LogP contribution in [-0.4, -0.2) is 29.3 Å². The fraction of sp³-hybridized carbons (Fsp3) is 0.364. The Morgan fingerprint density at radius 1 is 1.07 bits per heavy atom. The Labute approximate surface area is 172 Å². The second-order valence-electron chi connectivity index (χ2n) is 7.41. The van der Waals surface area contributed by atoms with Gasteiger partial charge >= 0.3 is 0 Å². The number of amides is 2. The summed E-state index contributed by atoms with van der Waals surface area (Å²) in [4.78, 5) is 26.9. The van der Waals surface area contributed by atoms with Crippen LogP contribution in [0.15, 0.2) is 54.6 Å². The highest BCUT2D eigenvalue weighted by Gasteiger charge is 2.31. The van der Waals surface area contributed by atoms with Gasteiger partial charge in [0.05, 0.1) is 18.6 Å². The van der Waals surface area contributed by atoms with Gasteiger partial charge in [-0.05, 0) is 29.0 Å². The number of nitrogens with one attached hydrogen (secondary N) is 1. The van der Waals surface area contributed by atoms with Gasteiger partial charge in [0.2, 0.25) is 11.8 Å². The summed E-state index contributed by atoms with van der Waals surface area (Å²) in [7, 11) is 0. The Morgan fingerprint density at radius 3 is 2.32 bits per heavy atom. The summed E-state index contributed by atoms with van der Waals surface area (Å²) < 4.78 is 0. The van der Waals surface area contributed by atoms with Crippen molar-refractivity contribution in [2.75, 3.05) is 6.54 Å². The normalized spacial score (nSPS) is 16.7. The molecule has 0 aliphatic carbocycles. The van der Waals surface area contributed by atoms with E-state index in [-0.39, 0.29) is 42.7 Å². The molecule has 5 nitrogen and oxygen atoms in total. The zero-order chi connectivity index (χ0) is 19.4. The average molecular weight is 402 g/mol. The lowest BCUT2D eigenvalue weighted by molar-refractivity contribution is -0.136. The van der Waals surface area contributed by atoms with Crippen LogP contribution in [0.5, 0.6) is 0 Å². The second-order valence-corrected chi connectivity index (χ2v) is 7.41. The van der Waals surface area contributed by atoms with Crippen LogP contribution in [0, 0.1) is 5.92 Å². The highest BCUT2D eigenvalue weighted by molar-refractivity contribution is 5.87. The summed E-state index contributed by atoms with van der Waals surface area (Å²) in [5, 5.41) is 2.70. The van der Waals surface area contributed by atoms with E-state index in [9.17, 15) is 9.59 Å². The third kappa shape index (κ3) is 4.91. The van der Waals surface area contributed by atoms with Crippen LogP contribution < -0.4 is 11.1 Å². The zero-order valence-corrected chi connectivity index (χ0v) is 17.1. The van der Waals surface area contributed by atoms with Crippen LogP contribution in [0.1, 0.15) is 36.6 Å². The Balaban J connectivity index is 0.00000280. The van der Waals surface area contributed by atoms with Crippen molar-refractivity contribution in [1.29, 1.82) is 0 Å². The Morgan fingerprint density at radius 2 is 1.68 bits per heavy atom. The maximum atomic E-state index is 13.0. The summed E-state index contributed by atoms with van der Waals surface area (Å²) in [5.74, 6) is -0.353. The van der Waals surface area contributed by atoms with Crippen molar-refractivity contribution < 1.29 is 9.59 Å². The summed E-state index contributed by atoms with van der Waals surface area (Å²) in [5.41, 5.74) is 9.39. The second kappa shape index (κ2) is 9.71. The summed E-state index contributed by atoms with van der Waals surface area (Å²) in [6, 6.07) is 17.6. The van der Waals surface area contributed by atoms with Gasteiger partial charge in [0.15, 0.2) is 0 Å². The fourth-order valence-corrected chi connectivity index (χ4v) is 3.44. The van der Waals surface area contributed by atoms with E-state index in [2.05, 4.69) is 17.4 Å². The van der Waals surface area contributed by atoms with E-state index < -0.39 is 6.04 Å². The predicted molar refractivity (Wildman–Crippen MR) is 113 cm³/mol. The molecule has 0 spiro atoms. The van der Waals surface area contributed by atoms with E-state index in [1.165, 1.54) is 5.56 Å². The van der Waals surface area contributed by atoms with Crippen molar-refractivity contribution in [2.24, 2.45) is 11.7 Å². The van der Waals surface area contributed by atoms with Gasteiger partial charge in [-0.2, -0.15) is 0 Å². The molecule has 150 valence electrons. The molecule has 0 radical (unpaired) electrons. The molecule has 0 saturated carbocycles. The van der Waals surface area contributed by atoms with E-state index >= 15 is 0 Å². The molecule has 6 heteroatoms. The SMILES string of the molecule is CC(C)[C@H](N)C(=O)NCC(=O)N1Cc2ccccc2CC1c1ccccc1.Cl. The number of nitrogens with zero attached hydrogens (tertiary/aromatic N) is 1. The van der Waals surface area contributed by atoms with E-state index in [1.54, 1.807) is 0 Å². The molecule has 3 N–H and O–H groups in total. The average Bonchev–Trinajstić information content (AvgIpc) is 2.70. The highest BCUT2D eigenvalue weighted by atomic mass is 35.5. The van der Waals surface area contributed by atoms with Gasteiger partial charge in [-0.3, -0.25) is 9.59 Å². The third-order valence-corrected chi connectivity index (χ3v) is 5.19. The smallest absolute Gasteiger partial charge is 0.242 e. The molecule has 1 aliphatic heterocycles. The molecule has 0 saturated heterocycles. The number of hydrogen-bond donors (Lipinski definition) is 2. The molecular weight excluding hydrogens is 374 g/mol. The number of benzene rings is 2. The first-order valence-corrected chi connectivity index (χ1v) is 9.42. The van der Waals surface area contributed by atoms with Crippen LogP contribution in [0.3, 0.4) is 0 Å². The van der Waals surface area contributed by atoms with Gasteiger partial charge in [0.1, 0.15) is 0 Å². The van der Waals surface area contributed by atoms with Crippen LogP contribution in [0.4, 0.5) is 0 Å². The van der Waals surface area contributed by atoms with Crippen LogP contribution in [-0.2, 0) is 22.6 Å². The van der Waals surface area contributed by atoms with Crippen molar-refractivity contribution in [1.82, 2.24) is 10.2 Å². The number of nitrogens with two attached hydrogens (primary N) is 1. The highest BCUT2D eigenvalue weighted by Crippen LogP contribution is 2.33. The Bertz CT molecular complexity index is 810. The topological polar surface area (TPSA) is 75.4 Å². The monoisotopic (exact) mass is 401 g/mol. The first-order valence-electron chi connectivity index (χ1n) is 9.42. The van der Waals surface area contributed by atoms with Gasteiger partial charge in [-0.15, -0.1) is 12.4 Å². The van der Waals surface area contributed by atoms with E-state index in [4.69, 9.17) is 5.73 Å². The minimum absolute atomic E-state index is 0. The van der Waals surface area contributed by atoms with Gasteiger partial charge in [-0.1, -0.05) is 68.4 Å². The van der Waals surface area contributed by atoms with Crippen LogP contribution >= 0.6 is 12.4 Å². The molecule has 0 fully saturated rings. The number of carbonyl (C=O) groups is 2. The summed E-state index contributed by atoms with van der Waals surface area (Å²) in [6.07, 6.45) is 0.769. The lowest BCUT2D eigenvalue weighted by atomic mass is 9.90. The number of halogens is 1. The molecule has 0 bridgehead atoms. The van der Waals surface area contributed by atoms with Crippen LogP contribution in [0.25, 0.3) is 0 Å². The molecule has 1 aliphatic rings. The molecule has 2 aromatic carbocycles. The number of hydrogen-bond acceptors (Lipinski definition) is 3.